The van der Waals surface area contributed by atoms with Crippen LogP contribution >= 0.6 is 0 Å². The number of allylic oxidation sites excluding steroid dienone is 5. The average Bonchev–Trinajstić information content (AvgIpc) is 3.05. The molecular weight excluding hydrogens is 619 g/mol. The van der Waals surface area contributed by atoms with Gasteiger partial charge in [0.2, 0.25) is 5.91 Å². The number of unbranched alkanes of at least 4 members (excludes halogenated alkanes) is 24. The predicted octanol–water partition coefficient (Wildman–Crippen LogP) is 11.7. The zero-order valence-electron chi connectivity index (χ0n) is 31.4. The highest BCUT2D eigenvalue weighted by Gasteiger charge is 2.24. The standard InChI is InChI=1S/C41H77NO5S/c1-3-5-7-9-11-13-15-17-19-20-21-23-25-27-29-31-33-35-37-41(44)42-39(38-48(45,46)47)40(43)36-34-32-30-28-26-24-22-18-16-14-12-10-8-6-4-2/h19-20,26,28,34,36,39-40,43H,3-18,21-25,27,29-33,35,37-38H2,1-2H3,(H,42,44)(H,45,46,47)/b20-19-,28-26+,36-34+. The lowest BCUT2D eigenvalue weighted by molar-refractivity contribution is -0.122. The largest absolute Gasteiger partial charge is 0.387 e. The number of hydrogen-bond donors (Lipinski definition) is 3. The number of hydrogen-bond acceptors (Lipinski definition) is 4. The minimum Gasteiger partial charge on any atom is -0.387 e. The third kappa shape index (κ3) is 35.9. The van der Waals surface area contributed by atoms with Crippen molar-refractivity contribution in [2.75, 3.05) is 5.75 Å². The van der Waals surface area contributed by atoms with Crippen LogP contribution in [0.25, 0.3) is 0 Å². The van der Waals surface area contributed by atoms with Gasteiger partial charge in [0.15, 0.2) is 0 Å². The maximum atomic E-state index is 12.5. The first-order valence-electron chi connectivity index (χ1n) is 20.2. The normalized spacial score (nSPS) is 13.7. The van der Waals surface area contributed by atoms with Gasteiger partial charge in [0, 0.05) is 6.42 Å². The zero-order chi connectivity index (χ0) is 35.4. The molecule has 282 valence electrons. The van der Waals surface area contributed by atoms with Gasteiger partial charge in [-0.3, -0.25) is 9.35 Å². The number of aliphatic hydroxyl groups excluding tert-OH is 1. The van der Waals surface area contributed by atoms with Crippen LogP contribution in [-0.4, -0.2) is 41.9 Å². The van der Waals surface area contributed by atoms with Gasteiger partial charge in [-0.15, -0.1) is 0 Å². The lowest BCUT2D eigenvalue weighted by atomic mass is 10.1. The Morgan fingerprint density at radius 2 is 0.896 bits per heavy atom. The van der Waals surface area contributed by atoms with Gasteiger partial charge in [0.25, 0.3) is 10.1 Å². The van der Waals surface area contributed by atoms with Gasteiger partial charge in [-0.1, -0.05) is 172 Å². The number of rotatable bonds is 36. The van der Waals surface area contributed by atoms with Crippen molar-refractivity contribution >= 4 is 16.0 Å². The molecule has 1 amide bonds. The third-order valence-electron chi connectivity index (χ3n) is 9.04. The van der Waals surface area contributed by atoms with E-state index in [9.17, 15) is 22.9 Å². The Labute approximate surface area is 297 Å². The number of carbonyl (C=O) groups excluding carboxylic acids is 1. The number of carbonyl (C=O) groups is 1. The molecule has 0 aliphatic rings. The van der Waals surface area contributed by atoms with Crippen LogP contribution in [0.4, 0.5) is 0 Å². The summed E-state index contributed by atoms with van der Waals surface area (Å²) in [6, 6.07) is -1.07. The summed E-state index contributed by atoms with van der Waals surface area (Å²) in [5, 5.41) is 13.2. The van der Waals surface area contributed by atoms with Crippen molar-refractivity contribution in [3.8, 4) is 0 Å². The van der Waals surface area contributed by atoms with Crippen LogP contribution in [0.3, 0.4) is 0 Å². The Kier molecular flexibility index (Phi) is 34.3. The summed E-state index contributed by atoms with van der Waals surface area (Å²) in [6.07, 6.45) is 45.6. The number of aliphatic hydroxyl groups is 1. The van der Waals surface area contributed by atoms with E-state index in [1.54, 1.807) is 0 Å². The minimum absolute atomic E-state index is 0.283. The summed E-state index contributed by atoms with van der Waals surface area (Å²) in [6.45, 7) is 4.51. The van der Waals surface area contributed by atoms with Gasteiger partial charge >= 0.3 is 0 Å². The average molecular weight is 696 g/mol. The van der Waals surface area contributed by atoms with Gasteiger partial charge in [0.05, 0.1) is 17.9 Å². The van der Waals surface area contributed by atoms with E-state index < -0.39 is 28.0 Å². The van der Waals surface area contributed by atoms with Crippen LogP contribution in [0.1, 0.15) is 200 Å². The first-order valence-corrected chi connectivity index (χ1v) is 21.8. The van der Waals surface area contributed by atoms with Crippen molar-refractivity contribution in [2.24, 2.45) is 0 Å². The first kappa shape index (κ1) is 46.6. The second-order valence-electron chi connectivity index (χ2n) is 13.9. The van der Waals surface area contributed by atoms with Gasteiger partial charge in [0.1, 0.15) is 0 Å². The zero-order valence-corrected chi connectivity index (χ0v) is 32.2. The van der Waals surface area contributed by atoms with Crippen LogP contribution in [0, 0.1) is 0 Å². The second-order valence-corrected chi connectivity index (χ2v) is 15.4. The summed E-state index contributed by atoms with van der Waals surface area (Å²) in [4.78, 5) is 12.5. The molecule has 7 heteroatoms. The maximum Gasteiger partial charge on any atom is 0.267 e. The van der Waals surface area contributed by atoms with Crippen molar-refractivity contribution in [2.45, 2.75) is 212 Å². The molecule has 0 saturated carbocycles. The van der Waals surface area contributed by atoms with Crippen LogP contribution < -0.4 is 5.32 Å². The monoisotopic (exact) mass is 696 g/mol. The Hall–Kier alpha value is -1.44. The van der Waals surface area contributed by atoms with E-state index in [2.05, 4.69) is 43.5 Å². The quantitative estimate of drug-likeness (QED) is 0.0344. The number of amides is 1. The van der Waals surface area contributed by atoms with Gasteiger partial charge in [-0.2, -0.15) is 8.42 Å². The fourth-order valence-electron chi connectivity index (χ4n) is 5.99. The molecule has 3 N–H and O–H groups in total. The summed E-state index contributed by atoms with van der Waals surface area (Å²) in [5.41, 5.74) is 0. The lowest BCUT2D eigenvalue weighted by Crippen LogP contribution is -2.46. The fourth-order valence-corrected chi connectivity index (χ4v) is 6.72. The summed E-state index contributed by atoms with van der Waals surface area (Å²) in [5.74, 6) is -1.00. The van der Waals surface area contributed by atoms with E-state index in [0.717, 1.165) is 38.5 Å². The van der Waals surface area contributed by atoms with E-state index in [4.69, 9.17) is 0 Å². The molecule has 0 radical (unpaired) electrons. The molecule has 0 aromatic carbocycles. The minimum atomic E-state index is -4.35. The highest BCUT2D eigenvalue weighted by atomic mass is 32.2. The SMILES string of the molecule is CCCCCCCCC/C=C\CCCCCCCCCC(=O)NC(CS(=O)(=O)O)C(O)/C=C/CC/C=C/CCCCCCCCCCC. The number of nitrogens with one attached hydrogen (secondary N) is 1. The highest BCUT2D eigenvalue weighted by Crippen LogP contribution is 2.13. The van der Waals surface area contributed by atoms with Crippen molar-refractivity contribution < 1.29 is 22.9 Å². The third-order valence-corrected chi connectivity index (χ3v) is 9.82. The van der Waals surface area contributed by atoms with Crippen molar-refractivity contribution in [1.82, 2.24) is 5.32 Å². The van der Waals surface area contributed by atoms with E-state index in [1.165, 1.54) is 141 Å². The van der Waals surface area contributed by atoms with E-state index in [1.807, 2.05) is 6.08 Å². The summed E-state index contributed by atoms with van der Waals surface area (Å²) >= 11 is 0. The van der Waals surface area contributed by atoms with E-state index in [-0.39, 0.29) is 12.3 Å². The predicted molar refractivity (Wildman–Crippen MR) is 207 cm³/mol. The first-order chi connectivity index (χ1) is 23.3. The van der Waals surface area contributed by atoms with Gasteiger partial charge in [-0.25, -0.2) is 0 Å². The van der Waals surface area contributed by atoms with Crippen LogP contribution in [-0.2, 0) is 14.9 Å². The Bertz CT molecular complexity index is 899. The molecule has 0 aromatic rings. The van der Waals surface area contributed by atoms with E-state index >= 15 is 0 Å². The smallest absolute Gasteiger partial charge is 0.267 e. The van der Waals surface area contributed by atoms with Crippen LogP contribution in [0.2, 0.25) is 0 Å². The molecule has 0 aliphatic heterocycles. The molecule has 0 rings (SSSR count). The molecule has 2 atom stereocenters. The van der Waals surface area contributed by atoms with Crippen molar-refractivity contribution in [3.63, 3.8) is 0 Å². The molecule has 2 unspecified atom stereocenters. The molecule has 0 aromatic heterocycles. The van der Waals surface area contributed by atoms with Crippen LogP contribution in [0.15, 0.2) is 36.5 Å². The highest BCUT2D eigenvalue weighted by molar-refractivity contribution is 7.85. The topological polar surface area (TPSA) is 104 Å². The van der Waals surface area contributed by atoms with Gasteiger partial charge < -0.3 is 10.4 Å². The fraction of sp³-hybridized carbons (Fsp3) is 0.829. The van der Waals surface area contributed by atoms with Crippen molar-refractivity contribution in [1.29, 1.82) is 0 Å². The van der Waals surface area contributed by atoms with Crippen LogP contribution in [0.5, 0.6) is 0 Å². The second kappa shape index (κ2) is 35.4. The Balaban J connectivity index is 3.97. The van der Waals surface area contributed by atoms with E-state index in [0.29, 0.717) is 6.42 Å². The molecule has 0 bridgehead atoms. The molecule has 0 heterocycles. The van der Waals surface area contributed by atoms with Gasteiger partial charge in [-0.05, 0) is 57.8 Å². The molecule has 6 nitrogen and oxygen atoms in total. The molecule has 0 aliphatic carbocycles. The molecule has 0 spiro atoms. The molecular formula is C41H77NO5S. The Morgan fingerprint density at radius 1 is 0.542 bits per heavy atom. The summed E-state index contributed by atoms with van der Waals surface area (Å²) < 4.78 is 32.4. The lowest BCUT2D eigenvalue weighted by Gasteiger charge is -2.21. The molecule has 0 saturated heterocycles. The summed E-state index contributed by atoms with van der Waals surface area (Å²) in [7, 11) is -4.35. The maximum absolute atomic E-state index is 12.5. The van der Waals surface area contributed by atoms with Crippen molar-refractivity contribution in [3.05, 3.63) is 36.5 Å². The molecule has 48 heavy (non-hydrogen) atoms. The Morgan fingerprint density at radius 3 is 1.31 bits per heavy atom. The molecule has 0 fully saturated rings.